The monoisotopic (exact) mass is 420 g/mol. The largest absolute Gasteiger partial charge is 0.495 e. The Morgan fingerprint density at radius 1 is 1.07 bits per heavy atom. The third kappa shape index (κ3) is 5.82. The van der Waals surface area contributed by atoms with Gasteiger partial charge in [-0.3, -0.25) is 4.79 Å². The minimum absolute atomic E-state index is 0.116. The summed E-state index contributed by atoms with van der Waals surface area (Å²) in [5.41, 5.74) is 2.01. The smallest absolute Gasteiger partial charge is 0.387 e. The molecular weight excluding hydrogens is 392 g/mol. The molecule has 1 aliphatic heterocycles. The van der Waals surface area contributed by atoms with Crippen molar-refractivity contribution in [1.29, 1.82) is 0 Å². The Bertz CT molecular complexity index is 825. The van der Waals surface area contributed by atoms with Gasteiger partial charge in [0, 0.05) is 31.7 Å². The van der Waals surface area contributed by atoms with E-state index in [2.05, 4.69) is 9.64 Å². The Hall–Kier alpha value is -2.87. The maximum Gasteiger partial charge on any atom is 0.387 e. The molecule has 1 saturated heterocycles. The summed E-state index contributed by atoms with van der Waals surface area (Å²) in [6.45, 7) is 1.04. The van der Waals surface area contributed by atoms with E-state index in [1.165, 1.54) is 12.1 Å². The first-order valence-corrected chi connectivity index (χ1v) is 9.97. The SMILES string of the molecule is COc1ccccc1N1CCN(C(=O)C[NH+](C)Cc2ccc(OC(F)F)cc2)CC1. The summed E-state index contributed by atoms with van der Waals surface area (Å²) in [6, 6.07) is 14.4. The van der Waals surface area contributed by atoms with E-state index in [4.69, 9.17) is 4.74 Å². The zero-order chi connectivity index (χ0) is 21.5. The Morgan fingerprint density at radius 3 is 2.37 bits per heavy atom. The molecule has 0 saturated carbocycles. The van der Waals surface area contributed by atoms with Gasteiger partial charge in [-0.25, -0.2) is 0 Å². The molecule has 1 heterocycles. The number of piperazine rings is 1. The number of carbonyl (C=O) groups excluding carboxylic acids is 1. The van der Waals surface area contributed by atoms with Crippen molar-refractivity contribution in [2.24, 2.45) is 0 Å². The van der Waals surface area contributed by atoms with E-state index in [1.54, 1.807) is 19.2 Å². The van der Waals surface area contributed by atoms with Gasteiger partial charge in [0.2, 0.25) is 0 Å². The zero-order valence-electron chi connectivity index (χ0n) is 17.3. The number of benzene rings is 2. The van der Waals surface area contributed by atoms with Gasteiger partial charge in [0.05, 0.1) is 19.8 Å². The molecule has 2 aromatic rings. The molecule has 2 aromatic carbocycles. The number of likely N-dealkylation sites (N-methyl/N-ethyl adjacent to an activating group) is 1. The van der Waals surface area contributed by atoms with E-state index < -0.39 is 6.61 Å². The first kappa shape index (κ1) is 21.8. The summed E-state index contributed by atoms with van der Waals surface area (Å²) >= 11 is 0. The minimum Gasteiger partial charge on any atom is -0.495 e. The van der Waals surface area contributed by atoms with Crippen molar-refractivity contribution in [1.82, 2.24) is 4.90 Å². The average Bonchev–Trinajstić information content (AvgIpc) is 2.74. The molecular formula is C22H28F2N3O3+. The molecule has 1 unspecified atom stereocenters. The number of anilines is 1. The third-order valence-corrected chi connectivity index (χ3v) is 5.17. The molecule has 0 spiro atoms. The van der Waals surface area contributed by atoms with Crippen molar-refractivity contribution < 1.29 is 27.9 Å². The van der Waals surface area contributed by atoms with Crippen LogP contribution in [0.25, 0.3) is 0 Å². The number of methoxy groups -OCH3 is 1. The maximum atomic E-state index is 12.7. The van der Waals surface area contributed by atoms with E-state index in [-0.39, 0.29) is 11.7 Å². The summed E-state index contributed by atoms with van der Waals surface area (Å²) in [5, 5.41) is 0. The first-order chi connectivity index (χ1) is 14.5. The Balaban J connectivity index is 1.47. The molecule has 0 aliphatic carbocycles. The highest BCUT2D eigenvalue weighted by atomic mass is 19.3. The standard InChI is InChI=1S/C22H27F2N3O3/c1-25(15-17-7-9-18(10-8-17)30-22(23)24)16-21(28)27-13-11-26(12-14-27)19-5-3-4-6-20(19)29-2/h3-10,22H,11-16H2,1-2H3/p+1. The Kier molecular flexibility index (Phi) is 7.46. The number of ether oxygens (including phenoxy) is 2. The Labute approximate surface area is 175 Å². The molecule has 1 aliphatic rings. The van der Waals surface area contributed by atoms with Gasteiger partial charge in [0.25, 0.3) is 5.91 Å². The van der Waals surface area contributed by atoms with Crippen LogP contribution in [0.2, 0.25) is 0 Å². The predicted molar refractivity (Wildman–Crippen MR) is 110 cm³/mol. The van der Waals surface area contributed by atoms with Crippen LogP contribution in [0.5, 0.6) is 11.5 Å². The second-order valence-corrected chi connectivity index (χ2v) is 7.37. The quantitative estimate of drug-likeness (QED) is 0.706. The van der Waals surface area contributed by atoms with E-state index in [1.807, 2.05) is 36.2 Å². The third-order valence-electron chi connectivity index (χ3n) is 5.17. The molecule has 30 heavy (non-hydrogen) atoms. The van der Waals surface area contributed by atoms with E-state index in [9.17, 15) is 13.6 Å². The Morgan fingerprint density at radius 2 is 1.73 bits per heavy atom. The number of nitrogens with one attached hydrogen (secondary N) is 1. The average molecular weight is 420 g/mol. The van der Waals surface area contributed by atoms with Crippen LogP contribution < -0.4 is 19.3 Å². The summed E-state index contributed by atoms with van der Waals surface area (Å²) in [4.78, 5) is 17.9. The normalized spacial score (nSPS) is 15.2. The van der Waals surface area contributed by atoms with Crippen LogP contribution in [0.15, 0.2) is 48.5 Å². The predicted octanol–water partition coefficient (Wildman–Crippen LogP) is 1.66. The fourth-order valence-corrected chi connectivity index (χ4v) is 3.66. The van der Waals surface area contributed by atoms with Crippen LogP contribution in [-0.2, 0) is 11.3 Å². The highest BCUT2D eigenvalue weighted by Gasteiger charge is 2.24. The highest BCUT2D eigenvalue weighted by molar-refractivity contribution is 5.77. The number of alkyl halides is 2. The lowest BCUT2D eigenvalue weighted by Crippen LogP contribution is -3.09. The molecule has 3 rings (SSSR count). The highest BCUT2D eigenvalue weighted by Crippen LogP contribution is 2.28. The van der Waals surface area contributed by atoms with Crippen LogP contribution in [-0.4, -0.2) is 64.3 Å². The minimum atomic E-state index is -2.83. The summed E-state index contributed by atoms with van der Waals surface area (Å²) in [6.07, 6.45) is 0. The second kappa shape index (κ2) is 10.2. The number of para-hydroxylation sites is 2. The number of carbonyl (C=O) groups is 1. The van der Waals surface area contributed by atoms with E-state index in [0.29, 0.717) is 26.2 Å². The maximum absolute atomic E-state index is 12.7. The van der Waals surface area contributed by atoms with Gasteiger partial charge in [0.1, 0.15) is 18.0 Å². The number of quaternary nitrogens is 1. The molecule has 8 heteroatoms. The van der Waals surface area contributed by atoms with Gasteiger partial charge < -0.3 is 24.2 Å². The van der Waals surface area contributed by atoms with Gasteiger partial charge in [0.15, 0.2) is 6.54 Å². The zero-order valence-corrected chi connectivity index (χ0v) is 17.3. The fraction of sp³-hybridized carbons (Fsp3) is 0.409. The van der Waals surface area contributed by atoms with E-state index in [0.717, 1.165) is 35.0 Å². The van der Waals surface area contributed by atoms with E-state index >= 15 is 0 Å². The number of hydrogen-bond donors (Lipinski definition) is 1. The van der Waals surface area contributed by atoms with Crippen LogP contribution in [0.1, 0.15) is 5.56 Å². The number of rotatable bonds is 8. The summed E-state index contributed by atoms with van der Waals surface area (Å²) in [7, 11) is 3.61. The van der Waals surface area contributed by atoms with Crippen molar-refractivity contribution in [3.63, 3.8) is 0 Å². The van der Waals surface area contributed by atoms with Crippen molar-refractivity contribution in [3.8, 4) is 11.5 Å². The molecule has 0 radical (unpaired) electrons. The lowest BCUT2D eigenvalue weighted by atomic mass is 10.2. The molecule has 1 atom stereocenters. The van der Waals surface area contributed by atoms with Gasteiger partial charge in [-0.05, 0) is 36.4 Å². The number of hydrogen-bond acceptors (Lipinski definition) is 4. The molecule has 6 nitrogen and oxygen atoms in total. The molecule has 1 N–H and O–H groups in total. The molecule has 0 bridgehead atoms. The fourth-order valence-electron chi connectivity index (χ4n) is 3.66. The number of nitrogens with zero attached hydrogens (tertiary/aromatic N) is 2. The van der Waals surface area contributed by atoms with Gasteiger partial charge in [-0.2, -0.15) is 8.78 Å². The van der Waals surface area contributed by atoms with Gasteiger partial charge in [-0.15, -0.1) is 0 Å². The summed E-state index contributed by atoms with van der Waals surface area (Å²) < 4.78 is 34.3. The van der Waals surface area contributed by atoms with Crippen molar-refractivity contribution in [3.05, 3.63) is 54.1 Å². The van der Waals surface area contributed by atoms with Crippen LogP contribution >= 0.6 is 0 Å². The van der Waals surface area contributed by atoms with Gasteiger partial charge >= 0.3 is 6.61 Å². The first-order valence-electron chi connectivity index (χ1n) is 9.97. The van der Waals surface area contributed by atoms with Crippen LogP contribution in [0.4, 0.5) is 14.5 Å². The molecule has 1 amide bonds. The number of halogens is 2. The van der Waals surface area contributed by atoms with Crippen molar-refractivity contribution in [2.45, 2.75) is 13.2 Å². The molecule has 0 aromatic heterocycles. The van der Waals surface area contributed by atoms with Crippen LogP contribution in [0, 0.1) is 0 Å². The lowest BCUT2D eigenvalue weighted by molar-refractivity contribution is -0.885. The van der Waals surface area contributed by atoms with Crippen molar-refractivity contribution in [2.75, 3.05) is 51.8 Å². The van der Waals surface area contributed by atoms with Crippen LogP contribution in [0.3, 0.4) is 0 Å². The second-order valence-electron chi connectivity index (χ2n) is 7.37. The summed E-state index contributed by atoms with van der Waals surface area (Å²) in [5.74, 6) is 1.09. The molecule has 162 valence electrons. The lowest BCUT2D eigenvalue weighted by Gasteiger charge is -2.36. The topological polar surface area (TPSA) is 46.5 Å². The number of amides is 1. The van der Waals surface area contributed by atoms with Crippen molar-refractivity contribution >= 4 is 11.6 Å². The van der Waals surface area contributed by atoms with Gasteiger partial charge in [-0.1, -0.05) is 12.1 Å². The molecule has 1 fully saturated rings.